The molecule has 0 bridgehead atoms. The first-order chi connectivity index (χ1) is 16.7. The lowest BCUT2D eigenvalue weighted by Crippen LogP contribution is -2.43. The fourth-order valence-electron chi connectivity index (χ4n) is 2.97. The Labute approximate surface area is 202 Å². The van der Waals surface area contributed by atoms with Crippen molar-refractivity contribution >= 4 is 39.4 Å². The van der Waals surface area contributed by atoms with Gasteiger partial charge in [0, 0.05) is 11.6 Å². The van der Waals surface area contributed by atoms with Crippen molar-refractivity contribution < 1.29 is 37.4 Å². The predicted octanol–water partition coefficient (Wildman–Crippen LogP) is 1.63. The minimum atomic E-state index is -3.87. The van der Waals surface area contributed by atoms with Crippen LogP contribution in [0.4, 0.5) is 14.7 Å². The largest absolute Gasteiger partial charge is 0.478 e. The monoisotopic (exact) mass is 531 g/mol. The SMILES string of the molecule is COc1nc(NS(=O)c2c[nH]c3c(-n4nccn4)c(Cl)ccc23)nc(OC)c1OC(O)(O)C(F)F. The smallest absolute Gasteiger partial charge is 0.387 e. The van der Waals surface area contributed by atoms with Crippen molar-refractivity contribution in [2.75, 3.05) is 18.9 Å². The molecule has 1 atom stereocenters. The molecule has 4 N–H and O–H groups in total. The fourth-order valence-corrected chi connectivity index (χ4v) is 4.10. The van der Waals surface area contributed by atoms with Crippen molar-refractivity contribution in [2.24, 2.45) is 0 Å². The molecule has 1 unspecified atom stereocenters. The van der Waals surface area contributed by atoms with E-state index in [0.29, 0.717) is 21.6 Å². The van der Waals surface area contributed by atoms with Gasteiger partial charge in [-0.05, 0) is 12.1 Å². The van der Waals surface area contributed by atoms with Gasteiger partial charge in [-0.3, -0.25) is 4.72 Å². The molecule has 4 rings (SSSR count). The molecule has 0 saturated heterocycles. The first-order valence-electron chi connectivity index (χ1n) is 9.43. The Kier molecular flexibility index (Phi) is 6.70. The molecular formula is C18H16ClF2N7O6S. The highest BCUT2D eigenvalue weighted by molar-refractivity contribution is 7.86. The Morgan fingerprint density at radius 1 is 1.17 bits per heavy atom. The number of nitrogens with one attached hydrogen (secondary N) is 2. The molecule has 0 amide bonds. The standard InChI is InChI=1S/C18H16ClF2N7O6S/c1-32-14-13(34-18(29,30)16(20)21)15(33-2)26-17(25-14)27-35(31)10-7-22-11-8(10)3-4-9(19)12(11)28-23-5-6-24-28/h3-7,16,22,29-30H,1-2H3,(H,25,26,27). The Hall–Kier alpha value is -3.60. The Morgan fingerprint density at radius 3 is 2.37 bits per heavy atom. The number of ether oxygens (including phenoxy) is 3. The average Bonchev–Trinajstić information content (AvgIpc) is 3.49. The zero-order valence-corrected chi connectivity index (χ0v) is 19.3. The minimum Gasteiger partial charge on any atom is -0.478 e. The van der Waals surface area contributed by atoms with Gasteiger partial charge in [0.15, 0.2) is 11.0 Å². The first kappa shape index (κ1) is 24.5. The van der Waals surface area contributed by atoms with E-state index < -0.39 is 40.9 Å². The van der Waals surface area contributed by atoms with Gasteiger partial charge in [-0.25, -0.2) is 4.21 Å². The molecule has 35 heavy (non-hydrogen) atoms. The molecule has 0 fully saturated rings. The van der Waals surface area contributed by atoms with Crippen LogP contribution in [0.5, 0.6) is 17.5 Å². The summed E-state index contributed by atoms with van der Waals surface area (Å²) in [6, 6.07) is 3.23. The Balaban J connectivity index is 1.68. The predicted molar refractivity (Wildman–Crippen MR) is 117 cm³/mol. The van der Waals surface area contributed by atoms with E-state index in [-0.39, 0.29) is 10.8 Å². The molecule has 186 valence electrons. The van der Waals surface area contributed by atoms with Crippen LogP contribution in [-0.2, 0) is 11.0 Å². The third kappa shape index (κ3) is 4.68. The van der Waals surface area contributed by atoms with Crippen LogP contribution >= 0.6 is 11.6 Å². The minimum absolute atomic E-state index is 0.286. The van der Waals surface area contributed by atoms with Crippen LogP contribution in [0.3, 0.4) is 0 Å². The molecule has 0 aliphatic heterocycles. The first-order valence-corrected chi connectivity index (χ1v) is 11.0. The van der Waals surface area contributed by atoms with E-state index in [1.54, 1.807) is 12.1 Å². The van der Waals surface area contributed by atoms with E-state index in [2.05, 4.69) is 34.6 Å². The van der Waals surface area contributed by atoms with Gasteiger partial charge in [-0.15, -0.1) is 4.80 Å². The Bertz CT molecular complexity index is 1360. The number of methoxy groups -OCH3 is 2. The molecule has 0 radical (unpaired) electrons. The summed E-state index contributed by atoms with van der Waals surface area (Å²) in [7, 11) is 0.264. The summed E-state index contributed by atoms with van der Waals surface area (Å²) in [5.74, 6) is -5.88. The normalized spacial score (nSPS) is 12.7. The number of fused-ring (bicyclic) bond motifs is 1. The van der Waals surface area contributed by atoms with E-state index in [0.717, 1.165) is 14.2 Å². The van der Waals surface area contributed by atoms with Crippen molar-refractivity contribution in [2.45, 2.75) is 17.3 Å². The number of hydrogen-bond acceptors (Lipinski definition) is 10. The number of rotatable bonds is 9. The number of alkyl halides is 2. The fraction of sp³-hybridized carbons (Fsp3) is 0.222. The molecule has 3 aromatic heterocycles. The summed E-state index contributed by atoms with van der Waals surface area (Å²) in [5, 5.41) is 27.7. The van der Waals surface area contributed by atoms with Gasteiger partial charge < -0.3 is 29.4 Å². The topological polar surface area (TPSA) is 170 Å². The molecule has 0 aliphatic rings. The van der Waals surface area contributed by atoms with Crippen molar-refractivity contribution in [3.8, 4) is 23.2 Å². The number of hydrogen-bond donors (Lipinski definition) is 4. The van der Waals surface area contributed by atoms with Crippen LogP contribution in [0, 0.1) is 0 Å². The van der Waals surface area contributed by atoms with Gasteiger partial charge in [-0.1, -0.05) is 11.6 Å². The number of nitrogens with zero attached hydrogens (tertiary/aromatic N) is 5. The molecule has 0 spiro atoms. The summed E-state index contributed by atoms with van der Waals surface area (Å²) >= 11 is 6.31. The van der Waals surface area contributed by atoms with Crippen molar-refractivity contribution in [1.82, 2.24) is 29.9 Å². The maximum Gasteiger partial charge on any atom is 0.387 e. The average molecular weight is 532 g/mol. The quantitative estimate of drug-likeness (QED) is 0.233. The van der Waals surface area contributed by atoms with E-state index >= 15 is 0 Å². The summed E-state index contributed by atoms with van der Waals surface area (Å²) in [5.41, 5.74) is 0.946. The summed E-state index contributed by atoms with van der Waals surface area (Å²) < 4.78 is 55.7. The second kappa shape index (κ2) is 9.57. The lowest BCUT2D eigenvalue weighted by Gasteiger charge is -2.23. The molecule has 1 aromatic carbocycles. The zero-order valence-electron chi connectivity index (χ0n) is 17.8. The number of H-pyrrole nitrogens is 1. The molecule has 0 aliphatic carbocycles. The number of anilines is 1. The molecular weight excluding hydrogens is 516 g/mol. The molecule has 4 aromatic rings. The van der Waals surface area contributed by atoms with E-state index in [9.17, 15) is 23.2 Å². The van der Waals surface area contributed by atoms with Gasteiger partial charge in [0.05, 0.1) is 42.0 Å². The van der Waals surface area contributed by atoms with Gasteiger partial charge in [0.25, 0.3) is 11.8 Å². The number of aromatic amines is 1. The maximum absolute atomic E-state index is 13.1. The number of aromatic nitrogens is 6. The van der Waals surface area contributed by atoms with Crippen LogP contribution in [0.15, 0.2) is 35.6 Å². The number of halogens is 3. The van der Waals surface area contributed by atoms with Gasteiger partial charge in [0.1, 0.15) is 5.69 Å². The van der Waals surface area contributed by atoms with Crippen molar-refractivity contribution in [1.29, 1.82) is 0 Å². The van der Waals surface area contributed by atoms with Gasteiger partial charge in [-0.2, -0.15) is 28.9 Å². The summed E-state index contributed by atoms with van der Waals surface area (Å²) in [6.45, 7) is 0. The highest BCUT2D eigenvalue weighted by Gasteiger charge is 2.41. The lowest BCUT2D eigenvalue weighted by atomic mass is 10.2. The number of aliphatic hydroxyl groups is 2. The van der Waals surface area contributed by atoms with E-state index in [1.165, 1.54) is 23.4 Å². The number of benzene rings is 1. The second-order valence-electron chi connectivity index (χ2n) is 6.62. The van der Waals surface area contributed by atoms with Crippen LogP contribution < -0.4 is 18.9 Å². The van der Waals surface area contributed by atoms with Crippen LogP contribution in [0.2, 0.25) is 5.02 Å². The molecule has 3 heterocycles. The zero-order chi connectivity index (χ0) is 25.3. The van der Waals surface area contributed by atoms with Crippen molar-refractivity contribution in [3.63, 3.8) is 0 Å². The third-order valence-electron chi connectivity index (χ3n) is 4.47. The Morgan fingerprint density at radius 2 is 1.80 bits per heavy atom. The molecule has 13 nitrogen and oxygen atoms in total. The van der Waals surface area contributed by atoms with E-state index in [1.807, 2.05) is 0 Å². The van der Waals surface area contributed by atoms with Crippen molar-refractivity contribution in [3.05, 3.63) is 35.7 Å². The van der Waals surface area contributed by atoms with Crippen LogP contribution in [-0.4, -0.2) is 71.0 Å². The second-order valence-corrected chi connectivity index (χ2v) is 8.21. The van der Waals surface area contributed by atoms with Crippen LogP contribution in [0.25, 0.3) is 16.6 Å². The molecule has 0 saturated carbocycles. The lowest BCUT2D eigenvalue weighted by molar-refractivity contribution is -0.348. The maximum atomic E-state index is 13.1. The molecule has 17 heteroatoms. The van der Waals surface area contributed by atoms with Gasteiger partial charge in [0.2, 0.25) is 11.7 Å². The summed E-state index contributed by atoms with van der Waals surface area (Å²) in [6.07, 6.45) is 0.726. The summed E-state index contributed by atoms with van der Waals surface area (Å²) in [4.78, 5) is 12.3. The van der Waals surface area contributed by atoms with Crippen LogP contribution in [0.1, 0.15) is 0 Å². The highest BCUT2D eigenvalue weighted by Crippen LogP contribution is 2.38. The van der Waals surface area contributed by atoms with Gasteiger partial charge >= 0.3 is 12.4 Å². The highest BCUT2D eigenvalue weighted by atomic mass is 35.5. The van der Waals surface area contributed by atoms with E-state index in [4.69, 9.17) is 21.1 Å². The third-order valence-corrected chi connectivity index (χ3v) is 5.88.